The minimum Gasteiger partial charge on any atom is -0.481 e. The number of rotatable bonds is 3. The minimum atomic E-state index is -1.06. The van der Waals surface area contributed by atoms with Gasteiger partial charge in [-0.25, -0.2) is 4.98 Å². The Balaban J connectivity index is 3.32. The van der Waals surface area contributed by atoms with Crippen molar-refractivity contribution in [2.24, 2.45) is 0 Å². The van der Waals surface area contributed by atoms with Crippen LogP contribution in [-0.2, 0) is 10.2 Å². The first-order valence-electron chi connectivity index (χ1n) is 4.33. The standard InChI is InChI=1S/C10H12ClNO3/c1-10(2,9(13)14)6-4-5-12-8(15-3)7(6)11/h4-5H,1-3H3,(H,13,14). The predicted octanol–water partition coefficient (Wildman–Crippen LogP) is 2.11. The maximum atomic E-state index is 11.1. The van der Waals surface area contributed by atoms with Gasteiger partial charge in [-0.05, 0) is 25.5 Å². The molecule has 1 aromatic heterocycles. The van der Waals surface area contributed by atoms with E-state index >= 15 is 0 Å². The molecule has 15 heavy (non-hydrogen) atoms. The largest absolute Gasteiger partial charge is 0.481 e. The van der Waals surface area contributed by atoms with Crippen molar-refractivity contribution in [2.45, 2.75) is 19.3 Å². The third-order valence-corrected chi connectivity index (χ3v) is 2.62. The summed E-state index contributed by atoms with van der Waals surface area (Å²) in [6.45, 7) is 3.16. The van der Waals surface area contributed by atoms with Gasteiger partial charge in [0.1, 0.15) is 5.02 Å². The number of carboxylic acids is 1. The monoisotopic (exact) mass is 229 g/mol. The summed E-state index contributed by atoms with van der Waals surface area (Å²) in [5.74, 6) is -0.707. The third kappa shape index (κ3) is 2.04. The van der Waals surface area contributed by atoms with Gasteiger partial charge in [0.15, 0.2) is 0 Å². The van der Waals surface area contributed by atoms with E-state index in [2.05, 4.69) is 4.98 Å². The molecule has 0 unspecified atom stereocenters. The number of hydrogen-bond acceptors (Lipinski definition) is 3. The fourth-order valence-electron chi connectivity index (χ4n) is 1.16. The molecule has 5 heteroatoms. The number of halogens is 1. The number of aliphatic carboxylic acids is 1. The number of carbonyl (C=O) groups is 1. The highest BCUT2D eigenvalue weighted by Gasteiger charge is 2.32. The zero-order valence-electron chi connectivity index (χ0n) is 8.74. The quantitative estimate of drug-likeness (QED) is 0.863. The zero-order chi connectivity index (χ0) is 11.6. The van der Waals surface area contributed by atoms with E-state index in [4.69, 9.17) is 21.4 Å². The predicted molar refractivity (Wildman–Crippen MR) is 56.5 cm³/mol. The van der Waals surface area contributed by atoms with Crippen molar-refractivity contribution in [2.75, 3.05) is 7.11 Å². The van der Waals surface area contributed by atoms with Crippen molar-refractivity contribution >= 4 is 17.6 Å². The van der Waals surface area contributed by atoms with Gasteiger partial charge in [0.05, 0.1) is 12.5 Å². The van der Waals surface area contributed by atoms with Crippen LogP contribution >= 0.6 is 11.6 Å². The van der Waals surface area contributed by atoms with Gasteiger partial charge in [-0.3, -0.25) is 4.79 Å². The van der Waals surface area contributed by atoms with Crippen molar-refractivity contribution in [3.05, 3.63) is 22.8 Å². The molecule has 1 rings (SSSR count). The van der Waals surface area contributed by atoms with E-state index in [1.807, 2.05) is 0 Å². The lowest BCUT2D eigenvalue weighted by Crippen LogP contribution is -2.29. The lowest BCUT2D eigenvalue weighted by Gasteiger charge is -2.21. The molecule has 0 amide bonds. The Kier molecular flexibility index (Phi) is 3.19. The maximum Gasteiger partial charge on any atom is 0.313 e. The van der Waals surface area contributed by atoms with Gasteiger partial charge in [0.25, 0.3) is 0 Å². The van der Waals surface area contributed by atoms with E-state index in [1.165, 1.54) is 13.3 Å². The SMILES string of the molecule is COc1nccc(C(C)(C)C(=O)O)c1Cl. The van der Waals surface area contributed by atoms with Gasteiger partial charge in [-0.2, -0.15) is 0 Å². The molecule has 0 atom stereocenters. The number of hydrogen-bond donors (Lipinski definition) is 1. The van der Waals surface area contributed by atoms with Gasteiger partial charge >= 0.3 is 5.97 Å². The molecule has 1 N–H and O–H groups in total. The summed E-state index contributed by atoms with van der Waals surface area (Å²) < 4.78 is 4.92. The molecule has 0 aliphatic heterocycles. The number of nitrogens with zero attached hydrogens (tertiary/aromatic N) is 1. The van der Waals surface area contributed by atoms with Crippen LogP contribution in [0.15, 0.2) is 12.3 Å². The van der Waals surface area contributed by atoms with Crippen molar-refractivity contribution in [1.82, 2.24) is 4.98 Å². The third-order valence-electron chi connectivity index (χ3n) is 2.26. The molecule has 1 heterocycles. The Morgan fingerprint density at radius 2 is 2.20 bits per heavy atom. The zero-order valence-corrected chi connectivity index (χ0v) is 9.50. The van der Waals surface area contributed by atoms with Crippen LogP contribution < -0.4 is 4.74 Å². The highest BCUT2D eigenvalue weighted by Crippen LogP contribution is 2.34. The van der Waals surface area contributed by atoms with Crippen LogP contribution in [0.2, 0.25) is 5.02 Å². The fraction of sp³-hybridized carbons (Fsp3) is 0.400. The van der Waals surface area contributed by atoms with Crippen LogP contribution in [0, 0.1) is 0 Å². The molecule has 0 radical (unpaired) electrons. The summed E-state index contributed by atoms with van der Waals surface area (Å²) in [7, 11) is 1.44. The summed E-state index contributed by atoms with van der Waals surface area (Å²) in [6.07, 6.45) is 1.48. The number of ether oxygens (including phenoxy) is 1. The Bertz CT molecular complexity index is 390. The van der Waals surface area contributed by atoms with Gasteiger partial charge in [-0.15, -0.1) is 0 Å². The van der Waals surface area contributed by atoms with E-state index < -0.39 is 11.4 Å². The second-order valence-corrected chi connectivity index (χ2v) is 3.99. The molecule has 0 fully saturated rings. The lowest BCUT2D eigenvalue weighted by atomic mass is 9.85. The molecule has 0 aliphatic rings. The Morgan fingerprint density at radius 1 is 1.60 bits per heavy atom. The average Bonchev–Trinajstić information content (AvgIpc) is 2.17. The molecule has 4 nitrogen and oxygen atoms in total. The molecule has 0 aromatic carbocycles. The Labute approximate surface area is 92.8 Å². The van der Waals surface area contributed by atoms with Gasteiger partial charge in [0.2, 0.25) is 5.88 Å². The second-order valence-electron chi connectivity index (χ2n) is 3.61. The molecule has 82 valence electrons. The number of pyridine rings is 1. The summed E-state index contributed by atoms with van der Waals surface area (Å²) >= 11 is 5.99. The normalized spacial score (nSPS) is 11.2. The molecular weight excluding hydrogens is 218 g/mol. The fourth-order valence-corrected chi connectivity index (χ4v) is 1.59. The van der Waals surface area contributed by atoms with Crippen LogP contribution in [0.3, 0.4) is 0 Å². The van der Waals surface area contributed by atoms with Crippen molar-refractivity contribution in [1.29, 1.82) is 0 Å². The second kappa shape index (κ2) is 4.06. The smallest absolute Gasteiger partial charge is 0.313 e. The lowest BCUT2D eigenvalue weighted by molar-refractivity contribution is -0.142. The summed E-state index contributed by atoms with van der Waals surface area (Å²) in [5.41, 5.74) is -0.573. The van der Waals surface area contributed by atoms with Crippen LogP contribution in [0.25, 0.3) is 0 Å². The molecule has 0 saturated heterocycles. The highest BCUT2D eigenvalue weighted by molar-refractivity contribution is 6.33. The van der Waals surface area contributed by atoms with E-state index in [0.29, 0.717) is 5.56 Å². The number of aromatic nitrogens is 1. The van der Waals surface area contributed by atoms with Gasteiger partial charge < -0.3 is 9.84 Å². The van der Waals surface area contributed by atoms with E-state index in [-0.39, 0.29) is 10.9 Å². The minimum absolute atomic E-state index is 0.239. The van der Waals surface area contributed by atoms with Gasteiger partial charge in [0, 0.05) is 6.20 Å². The first kappa shape index (κ1) is 11.8. The Hall–Kier alpha value is -1.29. The molecule has 0 spiro atoms. The maximum absolute atomic E-state index is 11.1. The number of carboxylic acid groups (broad SMARTS) is 1. The molecule has 1 aromatic rings. The summed E-state index contributed by atoms with van der Waals surface area (Å²) in [5, 5.41) is 9.31. The van der Waals surface area contributed by atoms with Gasteiger partial charge in [-0.1, -0.05) is 11.6 Å². The van der Waals surface area contributed by atoms with E-state index in [0.717, 1.165) is 0 Å². The average molecular weight is 230 g/mol. The summed E-state index contributed by atoms with van der Waals surface area (Å²) in [6, 6.07) is 1.58. The van der Waals surface area contributed by atoms with E-state index in [1.54, 1.807) is 19.9 Å². The molecule has 0 aliphatic carbocycles. The van der Waals surface area contributed by atoms with Crippen molar-refractivity contribution < 1.29 is 14.6 Å². The first-order valence-corrected chi connectivity index (χ1v) is 4.71. The van der Waals surface area contributed by atoms with Crippen LogP contribution in [0.4, 0.5) is 0 Å². The van der Waals surface area contributed by atoms with Crippen molar-refractivity contribution in [3.8, 4) is 5.88 Å². The Morgan fingerprint density at radius 3 is 2.67 bits per heavy atom. The number of methoxy groups -OCH3 is 1. The topological polar surface area (TPSA) is 59.4 Å². The molecule has 0 saturated carbocycles. The summed E-state index contributed by atoms with van der Waals surface area (Å²) in [4.78, 5) is 14.9. The molecule has 0 bridgehead atoms. The molecular formula is C10H12ClNO3. The van der Waals surface area contributed by atoms with Crippen LogP contribution in [-0.4, -0.2) is 23.2 Å². The van der Waals surface area contributed by atoms with Crippen molar-refractivity contribution in [3.63, 3.8) is 0 Å². The van der Waals surface area contributed by atoms with Crippen LogP contribution in [0.5, 0.6) is 5.88 Å². The highest BCUT2D eigenvalue weighted by atomic mass is 35.5. The first-order chi connectivity index (χ1) is 6.91. The van der Waals surface area contributed by atoms with Crippen LogP contribution in [0.1, 0.15) is 19.4 Å². The van der Waals surface area contributed by atoms with E-state index in [9.17, 15) is 4.79 Å².